The molecule has 2 nitrogen and oxygen atoms in total. The Bertz CT molecular complexity index is 126. The standard InChI is InChI=1S/C9H19O2Si/c1-5-7-10-9(3)11-12(4)8-6-2/h6,8-9H,5,7H2,1-4H3/b8-6+. The Morgan fingerprint density at radius 3 is 2.67 bits per heavy atom. The van der Waals surface area contributed by atoms with Gasteiger partial charge in [-0.05, 0) is 26.8 Å². The molecule has 0 N–H and O–H groups in total. The van der Waals surface area contributed by atoms with E-state index in [0.717, 1.165) is 13.0 Å². The first-order valence-electron chi connectivity index (χ1n) is 4.45. The van der Waals surface area contributed by atoms with Gasteiger partial charge in [-0.3, -0.25) is 0 Å². The maximum Gasteiger partial charge on any atom is 0.239 e. The van der Waals surface area contributed by atoms with Crippen LogP contribution in [0.15, 0.2) is 11.8 Å². The molecule has 0 saturated carbocycles. The number of ether oxygens (including phenoxy) is 1. The molecule has 0 spiro atoms. The highest BCUT2D eigenvalue weighted by Gasteiger charge is 2.06. The van der Waals surface area contributed by atoms with Crippen LogP contribution in [-0.2, 0) is 9.16 Å². The summed E-state index contributed by atoms with van der Waals surface area (Å²) in [6.45, 7) is 8.95. The van der Waals surface area contributed by atoms with Gasteiger partial charge in [0.25, 0.3) is 0 Å². The van der Waals surface area contributed by atoms with E-state index in [4.69, 9.17) is 9.16 Å². The van der Waals surface area contributed by atoms with E-state index in [-0.39, 0.29) is 6.29 Å². The third kappa shape index (κ3) is 6.58. The number of hydrogen-bond donors (Lipinski definition) is 0. The van der Waals surface area contributed by atoms with Crippen molar-refractivity contribution in [2.45, 2.75) is 40.0 Å². The summed E-state index contributed by atoms with van der Waals surface area (Å²) in [4.78, 5) is 0. The van der Waals surface area contributed by atoms with Crippen LogP contribution in [0.1, 0.15) is 27.2 Å². The van der Waals surface area contributed by atoms with Crippen molar-refractivity contribution in [3.8, 4) is 0 Å². The molecule has 71 valence electrons. The second kappa shape index (κ2) is 7.52. The van der Waals surface area contributed by atoms with Crippen molar-refractivity contribution in [3.05, 3.63) is 11.8 Å². The van der Waals surface area contributed by atoms with Crippen LogP contribution in [0.25, 0.3) is 0 Å². The van der Waals surface area contributed by atoms with E-state index < -0.39 is 9.04 Å². The zero-order valence-electron chi connectivity index (χ0n) is 8.46. The lowest BCUT2D eigenvalue weighted by atomic mass is 10.5. The molecule has 0 amide bonds. The molecule has 0 rings (SSSR count). The topological polar surface area (TPSA) is 18.5 Å². The fourth-order valence-electron chi connectivity index (χ4n) is 0.854. The van der Waals surface area contributed by atoms with Crippen LogP contribution in [-0.4, -0.2) is 21.9 Å². The van der Waals surface area contributed by atoms with Crippen LogP contribution in [0.5, 0.6) is 0 Å². The SMILES string of the molecule is C/C=C/[Si](C)OC(C)OCCC. The Morgan fingerprint density at radius 2 is 2.17 bits per heavy atom. The molecule has 3 heteroatoms. The lowest BCUT2D eigenvalue weighted by molar-refractivity contribution is -0.0674. The molecule has 12 heavy (non-hydrogen) atoms. The molecule has 0 heterocycles. The van der Waals surface area contributed by atoms with E-state index in [9.17, 15) is 0 Å². The number of rotatable bonds is 6. The van der Waals surface area contributed by atoms with E-state index >= 15 is 0 Å². The van der Waals surface area contributed by atoms with Crippen molar-refractivity contribution in [2.24, 2.45) is 0 Å². The monoisotopic (exact) mass is 187 g/mol. The summed E-state index contributed by atoms with van der Waals surface area (Å²) in [5.41, 5.74) is 2.11. The smallest absolute Gasteiger partial charge is 0.239 e. The third-order valence-corrected chi connectivity index (χ3v) is 2.82. The summed E-state index contributed by atoms with van der Waals surface area (Å²) in [7, 11) is -0.775. The van der Waals surface area contributed by atoms with Gasteiger partial charge in [0, 0.05) is 6.61 Å². The Kier molecular flexibility index (Phi) is 7.44. The van der Waals surface area contributed by atoms with Gasteiger partial charge in [0.2, 0.25) is 9.04 Å². The summed E-state index contributed by atoms with van der Waals surface area (Å²) < 4.78 is 11.0. The number of allylic oxidation sites excluding steroid dienone is 1. The Morgan fingerprint density at radius 1 is 1.50 bits per heavy atom. The average Bonchev–Trinajstić information content (AvgIpc) is 2.01. The minimum absolute atomic E-state index is 0.0555. The fourth-order valence-corrected chi connectivity index (χ4v) is 1.99. The molecule has 1 radical (unpaired) electrons. The van der Waals surface area contributed by atoms with Crippen molar-refractivity contribution in [2.75, 3.05) is 6.61 Å². The van der Waals surface area contributed by atoms with E-state index in [1.54, 1.807) is 0 Å². The van der Waals surface area contributed by atoms with Crippen molar-refractivity contribution in [3.63, 3.8) is 0 Å². The minimum atomic E-state index is -0.775. The zero-order chi connectivity index (χ0) is 9.40. The molecule has 0 fully saturated rings. The zero-order valence-corrected chi connectivity index (χ0v) is 9.46. The lowest BCUT2D eigenvalue weighted by Crippen LogP contribution is -2.22. The summed E-state index contributed by atoms with van der Waals surface area (Å²) in [5.74, 6) is 0. The van der Waals surface area contributed by atoms with Crippen LogP contribution in [0.2, 0.25) is 6.55 Å². The second-order valence-corrected chi connectivity index (χ2v) is 4.46. The largest absolute Gasteiger partial charge is 0.388 e. The van der Waals surface area contributed by atoms with Crippen LogP contribution in [0.3, 0.4) is 0 Å². The van der Waals surface area contributed by atoms with E-state index in [1.807, 2.05) is 19.9 Å². The summed E-state index contributed by atoms with van der Waals surface area (Å²) >= 11 is 0. The maximum absolute atomic E-state index is 5.59. The van der Waals surface area contributed by atoms with Gasteiger partial charge >= 0.3 is 0 Å². The van der Waals surface area contributed by atoms with Gasteiger partial charge in [0.15, 0.2) is 0 Å². The molecule has 1 unspecified atom stereocenters. The van der Waals surface area contributed by atoms with Gasteiger partial charge in [0.05, 0.1) is 0 Å². The van der Waals surface area contributed by atoms with Gasteiger partial charge < -0.3 is 9.16 Å². The van der Waals surface area contributed by atoms with Gasteiger partial charge in [-0.1, -0.05) is 18.7 Å². The molecule has 0 aromatic rings. The van der Waals surface area contributed by atoms with E-state index in [2.05, 4.69) is 19.2 Å². The quantitative estimate of drug-likeness (QED) is 0.470. The maximum atomic E-state index is 5.59. The molecule has 0 saturated heterocycles. The molecule has 1 atom stereocenters. The van der Waals surface area contributed by atoms with Gasteiger partial charge in [-0.15, -0.1) is 0 Å². The number of hydrogen-bond acceptors (Lipinski definition) is 2. The molecule has 0 aliphatic rings. The second-order valence-electron chi connectivity index (χ2n) is 2.67. The average molecular weight is 187 g/mol. The highest BCUT2D eigenvalue weighted by Crippen LogP contribution is 1.98. The third-order valence-electron chi connectivity index (χ3n) is 1.31. The molecule has 0 aromatic heterocycles. The highest BCUT2D eigenvalue weighted by molar-refractivity contribution is 6.56. The van der Waals surface area contributed by atoms with Crippen LogP contribution >= 0.6 is 0 Å². The Hall–Kier alpha value is -0.123. The normalized spacial score (nSPS) is 14.4. The van der Waals surface area contributed by atoms with Gasteiger partial charge in [-0.25, -0.2) is 0 Å². The van der Waals surface area contributed by atoms with E-state index in [0.29, 0.717) is 0 Å². The lowest BCUT2D eigenvalue weighted by Gasteiger charge is -2.15. The van der Waals surface area contributed by atoms with Crippen LogP contribution in [0.4, 0.5) is 0 Å². The minimum Gasteiger partial charge on any atom is -0.388 e. The fraction of sp³-hybridized carbons (Fsp3) is 0.778. The Balaban J connectivity index is 3.46. The molecule has 0 aliphatic heterocycles. The predicted octanol–water partition coefficient (Wildman–Crippen LogP) is 2.51. The molecule has 0 bridgehead atoms. The molecule has 0 aromatic carbocycles. The van der Waals surface area contributed by atoms with Gasteiger partial charge in [0.1, 0.15) is 6.29 Å². The predicted molar refractivity (Wildman–Crippen MR) is 53.2 cm³/mol. The van der Waals surface area contributed by atoms with Crippen molar-refractivity contribution >= 4 is 9.04 Å². The molecule has 0 aliphatic carbocycles. The Labute approximate surface area is 77.3 Å². The molecular formula is C9H19O2Si. The first-order valence-corrected chi connectivity index (χ1v) is 6.43. The van der Waals surface area contributed by atoms with Gasteiger partial charge in [-0.2, -0.15) is 0 Å². The van der Waals surface area contributed by atoms with Crippen molar-refractivity contribution in [1.29, 1.82) is 0 Å². The van der Waals surface area contributed by atoms with Crippen LogP contribution < -0.4 is 0 Å². The summed E-state index contributed by atoms with van der Waals surface area (Å²) in [6.07, 6.45) is 3.02. The first-order chi connectivity index (χ1) is 5.70. The summed E-state index contributed by atoms with van der Waals surface area (Å²) in [6, 6.07) is 0. The van der Waals surface area contributed by atoms with E-state index in [1.165, 1.54) is 0 Å². The van der Waals surface area contributed by atoms with Crippen molar-refractivity contribution in [1.82, 2.24) is 0 Å². The summed E-state index contributed by atoms with van der Waals surface area (Å²) in [5, 5.41) is 0. The molecular weight excluding hydrogens is 168 g/mol. The van der Waals surface area contributed by atoms with Crippen LogP contribution in [0, 0.1) is 0 Å². The first kappa shape index (κ1) is 11.9. The van der Waals surface area contributed by atoms with Crippen molar-refractivity contribution < 1.29 is 9.16 Å². The highest BCUT2D eigenvalue weighted by atomic mass is 28.3.